The predicted molar refractivity (Wildman–Crippen MR) is 103 cm³/mol. The van der Waals surface area contributed by atoms with Crippen LogP contribution in [0.25, 0.3) is 0 Å². The number of hydrogen-bond donors (Lipinski definition) is 2. The van der Waals surface area contributed by atoms with Crippen LogP contribution in [0.3, 0.4) is 0 Å². The molecular formula is C20H24N2O4. The summed E-state index contributed by atoms with van der Waals surface area (Å²) in [6.07, 6.45) is 3.39. The number of aliphatic hydroxyl groups is 2. The van der Waals surface area contributed by atoms with E-state index >= 15 is 0 Å². The fourth-order valence-corrected chi connectivity index (χ4v) is 2.18. The molecule has 0 fully saturated rings. The quantitative estimate of drug-likeness (QED) is 0.476. The van der Waals surface area contributed by atoms with Crippen LogP contribution >= 0.6 is 0 Å². The molecule has 138 valence electrons. The van der Waals surface area contributed by atoms with Crippen LogP contribution in [0, 0.1) is 0 Å². The lowest BCUT2D eigenvalue weighted by Gasteiger charge is -2.11. The predicted octanol–water partition coefficient (Wildman–Crippen LogP) is 1.97. The highest BCUT2D eigenvalue weighted by atomic mass is 16.5. The molecule has 0 heterocycles. The minimum Gasteiger partial charge on any atom is -0.489 e. The first kappa shape index (κ1) is 19.6. The summed E-state index contributed by atoms with van der Waals surface area (Å²) in [6, 6.07) is 15.2. The van der Waals surface area contributed by atoms with Gasteiger partial charge in [-0.3, -0.25) is 9.98 Å². The minimum atomic E-state index is 0.0222. The van der Waals surface area contributed by atoms with Gasteiger partial charge in [-0.25, -0.2) is 0 Å². The SMILES string of the molecule is OCCN=Cc1ccccc1OCCOc1ccccc1C=NCCO. The molecule has 6 nitrogen and oxygen atoms in total. The Labute approximate surface area is 153 Å². The molecule has 0 bridgehead atoms. The molecule has 0 spiro atoms. The molecule has 0 unspecified atom stereocenters. The van der Waals surface area contributed by atoms with Crippen LogP contribution < -0.4 is 9.47 Å². The Hall–Kier alpha value is -2.70. The van der Waals surface area contributed by atoms with Gasteiger partial charge in [0, 0.05) is 23.6 Å². The smallest absolute Gasteiger partial charge is 0.128 e. The van der Waals surface area contributed by atoms with Crippen molar-refractivity contribution < 1.29 is 19.7 Å². The zero-order chi connectivity index (χ0) is 18.5. The lowest BCUT2D eigenvalue weighted by molar-refractivity contribution is 0.217. The highest BCUT2D eigenvalue weighted by Gasteiger charge is 2.03. The van der Waals surface area contributed by atoms with Crippen molar-refractivity contribution in [2.24, 2.45) is 9.98 Å². The number of ether oxygens (including phenoxy) is 2. The second-order valence-electron chi connectivity index (χ2n) is 5.29. The normalized spacial score (nSPS) is 11.3. The highest BCUT2D eigenvalue weighted by molar-refractivity contribution is 5.84. The van der Waals surface area contributed by atoms with Crippen LogP contribution in [0.15, 0.2) is 58.5 Å². The van der Waals surface area contributed by atoms with Crippen molar-refractivity contribution in [1.82, 2.24) is 0 Å². The molecule has 0 aliphatic rings. The van der Waals surface area contributed by atoms with Gasteiger partial charge in [-0.05, 0) is 24.3 Å². The summed E-state index contributed by atoms with van der Waals surface area (Å²) >= 11 is 0. The molecule has 0 amide bonds. The number of para-hydroxylation sites is 2. The summed E-state index contributed by atoms with van der Waals surface area (Å²) in [4.78, 5) is 8.25. The third-order valence-electron chi connectivity index (χ3n) is 3.36. The number of rotatable bonds is 11. The maximum atomic E-state index is 8.80. The van der Waals surface area contributed by atoms with Gasteiger partial charge in [-0.15, -0.1) is 0 Å². The van der Waals surface area contributed by atoms with Gasteiger partial charge in [0.2, 0.25) is 0 Å². The van der Waals surface area contributed by atoms with Crippen molar-refractivity contribution in [3.05, 3.63) is 59.7 Å². The standard InChI is InChI=1S/C20H24N2O4/c23-11-9-21-15-17-5-1-3-7-19(17)25-13-14-26-20-8-4-2-6-18(20)16-22-10-12-24/h1-8,15-16,23-24H,9-14H2. The van der Waals surface area contributed by atoms with E-state index in [-0.39, 0.29) is 13.2 Å². The van der Waals surface area contributed by atoms with Crippen molar-refractivity contribution in [1.29, 1.82) is 0 Å². The largest absolute Gasteiger partial charge is 0.489 e. The Morgan fingerprint density at radius 3 is 1.54 bits per heavy atom. The van der Waals surface area contributed by atoms with Crippen LogP contribution in [0.4, 0.5) is 0 Å². The van der Waals surface area contributed by atoms with Crippen LogP contribution in [-0.4, -0.2) is 62.2 Å². The average Bonchev–Trinajstić information content (AvgIpc) is 2.68. The summed E-state index contributed by atoms with van der Waals surface area (Å²) in [6.45, 7) is 1.54. The van der Waals surface area contributed by atoms with Gasteiger partial charge in [0.15, 0.2) is 0 Å². The lowest BCUT2D eigenvalue weighted by atomic mass is 10.2. The van der Waals surface area contributed by atoms with Crippen LogP contribution in [0.2, 0.25) is 0 Å². The molecule has 6 heteroatoms. The number of hydrogen-bond acceptors (Lipinski definition) is 6. The van der Waals surface area contributed by atoms with Crippen LogP contribution in [-0.2, 0) is 0 Å². The molecule has 2 aromatic carbocycles. The Bertz CT molecular complexity index is 655. The maximum absolute atomic E-state index is 8.80. The van der Waals surface area contributed by atoms with E-state index in [9.17, 15) is 0 Å². The lowest BCUT2D eigenvalue weighted by Crippen LogP contribution is -2.11. The number of nitrogens with zero attached hydrogens (tertiary/aromatic N) is 2. The Morgan fingerprint density at radius 2 is 1.12 bits per heavy atom. The van der Waals surface area contributed by atoms with E-state index in [1.807, 2.05) is 48.5 Å². The summed E-state index contributed by atoms with van der Waals surface area (Å²) < 4.78 is 11.6. The van der Waals surface area contributed by atoms with E-state index in [1.54, 1.807) is 12.4 Å². The van der Waals surface area contributed by atoms with Crippen molar-refractivity contribution in [2.75, 3.05) is 39.5 Å². The molecule has 26 heavy (non-hydrogen) atoms. The van der Waals surface area contributed by atoms with E-state index in [4.69, 9.17) is 19.7 Å². The van der Waals surface area contributed by atoms with Gasteiger partial charge in [0.05, 0.1) is 26.3 Å². The first-order valence-corrected chi connectivity index (χ1v) is 8.50. The zero-order valence-corrected chi connectivity index (χ0v) is 14.6. The summed E-state index contributed by atoms with van der Waals surface area (Å²) in [5.74, 6) is 1.44. The molecule has 0 atom stereocenters. The number of benzene rings is 2. The van der Waals surface area contributed by atoms with Gasteiger partial charge in [0.1, 0.15) is 24.7 Å². The third-order valence-corrected chi connectivity index (χ3v) is 3.36. The molecule has 0 radical (unpaired) electrons. The average molecular weight is 356 g/mol. The first-order chi connectivity index (χ1) is 12.8. The van der Waals surface area contributed by atoms with Crippen molar-refractivity contribution in [3.8, 4) is 11.5 Å². The molecule has 0 saturated heterocycles. The van der Waals surface area contributed by atoms with E-state index in [1.165, 1.54) is 0 Å². The van der Waals surface area contributed by atoms with Gasteiger partial charge < -0.3 is 19.7 Å². The van der Waals surface area contributed by atoms with E-state index in [0.717, 1.165) is 22.6 Å². The second-order valence-corrected chi connectivity index (χ2v) is 5.29. The molecule has 2 rings (SSSR count). The maximum Gasteiger partial charge on any atom is 0.128 e. The van der Waals surface area contributed by atoms with E-state index < -0.39 is 0 Å². The topological polar surface area (TPSA) is 83.6 Å². The number of aliphatic hydroxyl groups excluding tert-OH is 2. The van der Waals surface area contributed by atoms with Crippen molar-refractivity contribution in [2.45, 2.75) is 0 Å². The molecule has 2 aromatic rings. The monoisotopic (exact) mass is 356 g/mol. The van der Waals surface area contributed by atoms with Crippen molar-refractivity contribution >= 4 is 12.4 Å². The molecule has 0 aromatic heterocycles. The van der Waals surface area contributed by atoms with E-state index in [2.05, 4.69) is 9.98 Å². The molecular weight excluding hydrogens is 332 g/mol. The second kappa shape index (κ2) is 11.8. The van der Waals surface area contributed by atoms with Gasteiger partial charge in [-0.2, -0.15) is 0 Å². The molecule has 0 saturated carbocycles. The van der Waals surface area contributed by atoms with Gasteiger partial charge in [0.25, 0.3) is 0 Å². The van der Waals surface area contributed by atoms with Crippen LogP contribution in [0.1, 0.15) is 11.1 Å². The summed E-state index contributed by atoms with van der Waals surface area (Å²) in [5, 5.41) is 17.6. The highest BCUT2D eigenvalue weighted by Crippen LogP contribution is 2.18. The third kappa shape index (κ3) is 6.66. The first-order valence-electron chi connectivity index (χ1n) is 8.50. The molecule has 0 aliphatic carbocycles. The van der Waals surface area contributed by atoms with Gasteiger partial charge >= 0.3 is 0 Å². The molecule has 2 N–H and O–H groups in total. The van der Waals surface area contributed by atoms with Gasteiger partial charge in [-0.1, -0.05) is 24.3 Å². The van der Waals surface area contributed by atoms with Crippen LogP contribution in [0.5, 0.6) is 11.5 Å². The summed E-state index contributed by atoms with van der Waals surface area (Å²) in [5.41, 5.74) is 1.72. The Balaban J connectivity index is 1.88. The van der Waals surface area contributed by atoms with Crippen molar-refractivity contribution in [3.63, 3.8) is 0 Å². The summed E-state index contributed by atoms with van der Waals surface area (Å²) in [7, 11) is 0. The van der Waals surface area contributed by atoms with E-state index in [0.29, 0.717) is 26.3 Å². The minimum absolute atomic E-state index is 0.0222. The number of aliphatic imine (C=N–C) groups is 2. The zero-order valence-electron chi connectivity index (χ0n) is 14.6. The fourth-order valence-electron chi connectivity index (χ4n) is 2.18. The molecule has 0 aliphatic heterocycles. The Morgan fingerprint density at radius 1 is 0.692 bits per heavy atom. The Kier molecular flexibility index (Phi) is 8.89. The fraction of sp³-hybridized carbons (Fsp3) is 0.300.